The summed E-state index contributed by atoms with van der Waals surface area (Å²) in [5.41, 5.74) is 0.886. The van der Waals surface area contributed by atoms with Crippen LogP contribution in [-0.2, 0) is 11.3 Å². The third-order valence-corrected chi connectivity index (χ3v) is 1.69. The van der Waals surface area contributed by atoms with Gasteiger partial charge in [-0.15, -0.1) is 0 Å². The predicted molar refractivity (Wildman–Crippen MR) is 50.9 cm³/mol. The van der Waals surface area contributed by atoms with Crippen LogP contribution in [0.4, 0.5) is 0 Å². The van der Waals surface area contributed by atoms with Crippen molar-refractivity contribution in [1.29, 1.82) is 0 Å². The second-order valence-corrected chi connectivity index (χ2v) is 3.19. The number of aromatic nitrogens is 1. The van der Waals surface area contributed by atoms with Gasteiger partial charge in [0.05, 0.1) is 12.2 Å². The molecule has 0 aromatic carbocycles. The molecule has 0 aliphatic carbocycles. The Bertz CT molecular complexity index is 270. The van der Waals surface area contributed by atoms with Crippen LogP contribution in [0.2, 0.25) is 0 Å². The lowest BCUT2D eigenvalue weighted by Crippen LogP contribution is -2.27. The molecule has 1 heterocycles. The summed E-state index contributed by atoms with van der Waals surface area (Å²) in [6.45, 7) is 4.25. The maximum Gasteiger partial charge on any atom is 0.222 e. The predicted octanol–water partition coefficient (Wildman–Crippen LogP) is 1.35. The van der Waals surface area contributed by atoms with Gasteiger partial charge in [-0.3, -0.25) is 9.78 Å². The molecule has 70 valence electrons. The minimum atomic E-state index is 0.0312. The number of rotatable bonds is 3. The first-order valence-corrected chi connectivity index (χ1v) is 4.38. The molecule has 0 fully saturated rings. The van der Waals surface area contributed by atoms with Gasteiger partial charge in [0.15, 0.2) is 0 Å². The maximum absolute atomic E-state index is 11.2. The standard InChI is InChI=1S/C10H14N2O/c1-8(2)10(13)12-7-9-5-3-4-6-11-9/h3-6,8H,7H2,1-2H3,(H,12,13). The van der Waals surface area contributed by atoms with Crippen LogP contribution in [0.1, 0.15) is 19.5 Å². The summed E-state index contributed by atoms with van der Waals surface area (Å²) >= 11 is 0. The fourth-order valence-corrected chi connectivity index (χ4v) is 0.884. The Morgan fingerprint density at radius 2 is 2.31 bits per heavy atom. The van der Waals surface area contributed by atoms with Crippen molar-refractivity contribution in [1.82, 2.24) is 10.3 Å². The van der Waals surface area contributed by atoms with E-state index in [1.165, 1.54) is 0 Å². The number of carbonyl (C=O) groups is 1. The van der Waals surface area contributed by atoms with E-state index in [1.807, 2.05) is 32.0 Å². The van der Waals surface area contributed by atoms with Gasteiger partial charge in [-0.2, -0.15) is 0 Å². The van der Waals surface area contributed by atoms with Gasteiger partial charge in [-0.05, 0) is 12.1 Å². The number of hydrogen-bond donors (Lipinski definition) is 1. The van der Waals surface area contributed by atoms with E-state index in [4.69, 9.17) is 0 Å². The van der Waals surface area contributed by atoms with E-state index in [-0.39, 0.29) is 11.8 Å². The zero-order valence-electron chi connectivity index (χ0n) is 7.95. The van der Waals surface area contributed by atoms with Crippen LogP contribution in [0.25, 0.3) is 0 Å². The molecule has 0 unspecified atom stereocenters. The highest BCUT2D eigenvalue weighted by molar-refractivity contribution is 5.77. The zero-order chi connectivity index (χ0) is 9.68. The monoisotopic (exact) mass is 178 g/mol. The molecular weight excluding hydrogens is 164 g/mol. The fraction of sp³-hybridized carbons (Fsp3) is 0.400. The van der Waals surface area contributed by atoms with Gasteiger partial charge in [-0.25, -0.2) is 0 Å². The van der Waals surface area contributed by atoms with E-state index < -0.39 is 0 Å². The third-order valence-electron chi connectivity index (χ3n) is 1.69. The van der Waals surface area contributed by atoms with Crippen molar-refractivity contribution in [3.8, 4) is 0 Å². The quantitative estimate of drug-likeness (QED) is 0.759. The SMILES string of the molecule is CC(C)C(=O)NCc1ccccn1. The van der Waals surface area contributed by atoms with Crippen molar-refractivity contribution >= 4 is 5.91 Å². The van der Waals surface area contributed by atoms with E-state index in [1.54, 1.807) is 6.20 Å². The lowest BCUT2D eigenvalue weighted by molar-refractivity contribution is -0.124. The second kappa shape index (κ2) is 4.60. The molecule has 0 spiro atoms. The molecule has 0 saturated heterocycles. The van der Waals surface area contributed by atoms with Gasteiger partial charge in [-0.1, -0.05) is 19.9 Å². The fourth-order valence-electron chi connectivity index (χ4n) is 0.884. The summed E-state index contributed by atoms with van der Waals surface area (Å²) in [7, 11) is 0. The molecule has 0 aliphatic heterocycles. The van der Waals surface area contributed by atoms with Crippen molar-refractivity contribution < 1.29 is 4.79 Å². The average molecular weight is 178 g/mol. The lowest BCUT2D eigenvalue weighted by atomic mass is 10.2. The van der Waals surface area contributed by atoms with E-state index in [0.717, 1.165) is 5.69 Å². The molecule has 0 bridgehead atoms. The Balaban J connectivity index is 2.40. The Morgan fingerprint density at radius 3 is 2.85 bits per heavy atom. The molecule has 13 heavy (non-hydrogen) atoms. The molecule has 1 rings (SSSR count). The van der Waals surface area contributed by atoms with Crippen LogP contribution in [-0.4, -0.2) is 10.9 Å². The summed E-state index contributed by atoms with van der Waals surface area (Å²) in [5, 5.41) is 2.80. The van der Waals surface area contributed by atoms with Crippen LogP contribution >= 0.6 is 0 Å². The van der Waals surface area contributed by atoms with Crippen LogP contribution in [0.5, 0.6) is 0 Å². The number of nitrogens with one attached hydrogen (secondary N) is 1. The highest BCUT2D eigenvalue weighted by Crippen LogP contribution is 1.95. The number of nitrogens with zero attached hydrogens (tertiary/aromatic N) is 1. The van der Waals surface area contributed by atoms with Gasteiger partial charge < -0.3 is 5.32 Å². The lowest BCUT2D eigenvalue weighted by Gasteiger charge is -2.06. The largest absolute Gasteiger partial charge is 0.350 e. The molecule has 3 heteroatoms. The van der Waals surface area contributed by atoms with E-state index in [2.05, 4.69) is 10.3 Å². The summed E-state index contributed by atoms with van der Waals surface area (Å²) in [4.78, 5) is 15.3. The summed E-state index contributed by atoms with van der Waals surface area (Å²) in [6, 6.07) is 5.65. The Labute approximate surface area is 78.2 Å². The number of pyridine rings is 1. The molecular formula is C10H14N2O. The van der Waals surface area contributed by atoms with Gasteiger partial charge in [0, 0.05) is 12.1 Å². The Hall–Kier alpha value is -1.38. The molecule has 3 nitrogen and oxygen atoms in total. The molecule has 0 atom stereocenters. The van der Waals surface area contributed by atoms with Crippen molar-refractivity contribution in [2.75, 3.05) is 0 Å². The number of amides is 1. The minimum absolute atomic E-state index is 0.0312. The summed E-state index contributed by atoms with van der Waals surface area (Å²) in [5.74, 6) is 0.0920. The first-order valence-electron chi connectivity index (χ1n) is 4.38. The normalized spacial score (nSPS) is 10.1. The smallest absolute Gasteiger partial charge is 0.222 e. The molecule has 1 N–H and O–H groups in total. The molecule has 1 aromatic rings. The molecule has 1 amide bonds. The highest BCUT2D eigenvalue weighted by atomic mass is 16.1. The first-order chi connectivity index (χ1) is 6.20. The van der Waals surface area contributed by atoms with Crippen LogP contribution in [0.3, 0.4) is 0 Å². The topological polar surface area (TPSA) is 42.0 Å². The van der Waals surface area contributed by atoms with E-state index in [0.29, 0.717) is 6.54 Å². The molecule has 0 aliphatic rings. The number of hydrogen-bond acceptors (Lipinski definition) is 2. The average Bonchev–Trinajstić information content (AvgIpc) is 2.15. The highest BCUT2D eigenvalue weighted by Gasteiger charge is 2.05. The van der Waals surface area contributed by atoms with Gasteiger partial charge in [0.2, 0.25) is 5.91 Å². The Kier molecular flexibility index (Phi) is 3.43. The second-order valence-electron chi connectivity index (χ2n) is 3.19. The van der Waals surface area contributed by atoms with Crippen molar-refractivity contribution in [2.45, 2.75) is 20.4 Å². The first kappa shape index (κ1) is 9.71. The van der Waals surface area contributed by atoms with E-state index in [9.17, 15) is 4.79 Å². The number of carbonyl (C=O) groups excluding carboxylic acids is 1. The van der Waals surface area contributed by atoms with Gasteiger partial charge in [0.25, 0.3) is 0 Å². The van der Waals surface area contributed by atoms with Crippen LogP contribution in [0, 0.1) is 5.92 Å². The van der Waals surface area contributed by atoms with Crippen molar-refractivity contribution in [2.24, 2.45) is 5.92 Å². The van der Waals surface area contributed by atoms with Crippen molar-refractivity contribution in [3.05, 3.63) is 30.1 Å². The van der Waals surface area contributed by atoms with Gasteiger partial charge in [0.1, 0.15) is 0 Å². The van der Waals surface area contributed by atoms with Crippen LogP contribution in [0.15, 0.2) is 24.4 Å². The Morgan fingerprint density at radius 1 is 1.54 bits per heavy atom. The molecule has 0 saturated carbocycles. The zero-order valence-corrected chi connectivity index (χ0v) is 7.95. The third kappa shape index (κ3) is 3.23. The van der Waals surface area contributed by atoms with Crippen molar-refractivity contribution in [3.63, 3.8) is 0 Å². The minimum Gasteiger partial charge on any atom is -0.350 e. The maximum atomic E-state index is 11.2. The summed E-state index contributed by atoms with van der Waals surface area (Å²) in [6.07, 6.45) is 1.72. The molecule has 1 aromatic heterocycles. The summed E-state index contributed by atoms with van der Waals surface area (Å²) < 4.78 is 0. The van der Waals surface area contributed by atoms with Crippen LogP contribution < -0.4 is 5.32 Å². The molecule has 0 radical (unpaired) electrons. The van der Waals surface area contributed by atoms with Gasteiger partial charge >= 0.3 is 0 Å². The van der Waals surface area contributed by atoms with E-state index >= 15 is 0 Å².